The van der Waals surface area contributed by atoms with Gasteiger partial charge in [0.15, 0.2) is 0 Å². The molecule has 1 amide bonds. The van der Waals surface area contributed by atoms with Crippen LogP contribution >= 0.6 is 0 Å². The van der Waals surface area contributed by atoms with Gasteiger partial charge in [0.05, 0.1) is 12.3 Å². The molecule has 0 saturated carbocycles. The van der Waals surface area contributed by atoms with Gasteiger partial charge in [0, 0.05) is 24.9 Å². The van der Waals surface area contributed by atoms with Gasteiger partial charge in [0.1, 0.15) is 11.5 Å². The number of carbonyl (C=O) groups excluding carboxylic acids is 1. The highest BCUT2D eigenvalue weighted by Crippen LogP contribution is 2.23. The van der Waals surface area contributed by atoms with Gasteiger partial charge in [-0.25, -0.2) is 4.98 Å². The van der Waals surface area contributed by atoms with Crippen LogP contribution in [0, 0.1) is 6.92 Å². The van der Waals surface area contributed by atoms with Gasteiger partial charge in [0.2, 0.25) is 12.3 Å². The van der Waals surface area contributed by atoms with E-state index < -0.39 is 5.97 Å². The van der Waals surface area contributed by atoms with Crippen LogP contribution in [-0.4, -0.2) is 29.1 Å². The molecule has 1 heterocycles. The Morgan fingerprint density at radius 1 is 1.17 bits per heavy atom. The van der Waals surface area contributed by atoms with E-state index in [9.17, 15) is 9.59 Å². The Morgan fingerprint density at radius 2 is 1.97 bits per heavy atom. The first-order chi connectivity index (χ1) is 14.6. The number of aliphatic carboxylic acids is 1. The minimum Gasteiger partial charge on any atom is -0.493 e. The number of aryl methyl sites for hydroxylation is 2. The summed E-state index contributed by atoms with van der Waals surface area (Å²) in [5, 5.41) is 11.5. The molecule has 7 nitrogen and oxygen atoms in total. The van der Waals surface area contributed by atoms with Crippen molar-refractivity contribution in [1.82, 2.24) is 10.3 Å². The van der Waals surface area contributed by atoms with Crippen LogP contribution in [0.2, 0.25) is 0 Å². The maximum atomic E-state index is 10.9. The molecule has 0 aliphatic rings. The maximum absolute atomic E-state index is 10.9. The summed E-state index contributed by atoms with van der Waals surface area (Å²) in [5.74, 6) is 1.15. The smallest absolute Gasteiger partial charge is 0.303 e. The molecule has 30 heavy (non-hydrogen) atoms. The lowest BCUT2D eigenvalue weighted by atomic mass is 10.0. The van der Waals surface area contributed by atoms with Crippen LogP contribution in [0.3, 0.4) is 0 Å². The average Bonchev–Trinajstić information content (AvgIpc) is 3.12. The summed E-state index contributed by atoms with van der Waals surface area (Å²) in [6.45, 7) is 2.62. The molecule has 0 unspecified atom stereocenters. The van der Waals surface area contributed by atoms with Crippen LogP contribution in [0.15, 0.2) is 52.9 Å². The number of hydrogen-bond acceptors (Lipinski definition) is 5. The van der Waals surface area contributed by atoms with E-state index in [0.29, 0.717) is 44.0 Å². The molecule has 1 aromatic heterocycles. The Morgan fingerprint density at radius 3 is 2.70 bits per heavy atom. The van der Waals surface area contributed by atoms with Crippen molar-refractivity contribution in [3.8, 4) is 17.2 Å². The van der Waals surface area contributed by atoms with Gasteiger partial charge in [-0.05, 0) is 48.7 Å². The van der Waals surface area contributed by atoms with E-state index in [0.717, 1.165) is 28.1 Å². The number of aromatic nitrogens is 1. The summed E-state index contributed by atoms with van der Waals surface area (Å²) in [6.07, 6.45) is 1.63. The number of hydrogen-bond donors (Lipinski definition) is 2. The fourth-order valence-electron chi connectivity index (χ4n) is 3.12. The maximum Gasteiger partial charge on any atom is 0.303 e. The Balaban J connectivity index is 1.63. The molecule has 0 bridgehead atoms. The molecule has 3 aromatic rings. The van der Waals surface area contributed by atoms with E-state index in [1.165, 1.54) is 0 Å². The average molecular weight is 408 g/mol. The first-order valence-electron chi connectivity index (χ1n) is 9.72. The van der Waals surface area contributed by atoms with Crippen molar-refractivity contribution in [1.29, 1.82) is 0 Å². The molecule has 0 saturated heterocycles. The molecule has 0 aliphatic heterocycles. The molecule has 0 radical (unpaired) electrons. The highest BCUT2D eigenvalue weighted by Gasteiger charge is 2.12. The molecule has 7 heteroatoms. The third-order valence-electron chi connectivity index (χ3n) is 4.68. The fraction of sp³-hybridized carbons (Fsp3) is 0.261. The van der Waals surface area contributed by atoms with Gasteiger partial charge in [0.25, 0.3) is 0 Å². The standard InChI is InChI=1S/C23H24N2O5/c1-16-21(25-23(30-16)18-5-3-2-4-6-18)11-12-29-20-9-7-17(8-10-22(27)28)19(13-20)14-24-15-26/h2-7,9,13,15H,8,10-12,14H2,1H3,(H,24,26)(H,27,28). The van der Waals surface area contributed by atoms with E-state index in [1.807, 2.05) is 55.5 Å². The summed E-state index contributed by atoms with van der Waals surface area (Å²) >= 11 is 0. The third kappa shape index (κ3) is 5.70. The van der Waals surface area contributed by atoms with Gasteiger partial charge in [-0.1, -0.05) is 24.3 Å². The molecule has 2 N–H and O–H groups in total. The minimum absolute atomic E-state index is 0.0312. The molecule has 2 aromatic carbocycles. The normalized spacial score (nSPS) is 10.6. The number of amides is 1. The molecule has 156 valence electrons. The number of carboxylic acid groups (broad SMARTS) is 1. The first kappa shape index (κ1) is 21.1. The van der Waals surface area contributed by atoms with Crippen molar-refractivity contribution in [3.05, 3.63) is 71.1 Å². The number of ether oxygens (including phenoxy) is 1. The van der Waals surface area contributed by atoms with E-state index >= 15 is 0 Å². The highest BCUT2D eigenvalue weighted by molar-refractivity contribution is 5.67. The molecular weight excluding hydrogens is 384 g/mol. The number of carbonyl (C=O) groups is 2. The van der Waals surface area contributed by atoms with E-state index in [-0.39, 0.29) is 6.42 Å². The van der Waals surface area contributed by atoms with Crippen molar-refractivity contribution < 1.29 is 23.8 Å². The van der Waals surface area contributed by atoms with Gasteiger partial charge >= 0.3 is 5.97 Å². The summed E-state index contributed by atoms with van der Waals surface area (Å²) in [5.41, 5.74) is 3.48. The SMILES string of the molecule is Cc1oc(-c2ccccc2)nc1CCOc1ccc(CCC(=O)O)c(CNC=O)c1. The van der Waals surface area contributed by atoms with Crippen molar-refractivity contribution in [2.24, 2.45) is 0 Å². The zero-order chi connectivity index (χ0) is 21.3. The second-order valence-corrected chi connectivity index (χ2v) is 6.81. The predicted molar refractivity (Wildman–Crippen MR) is 111 cm³/mol. The summed E-state index contributed by atoms with van der Waals surface area (Å²) < 4.78 is 11.6. The molecule has 0 aliphatic carbocycles. The van der Waals surface area contributed by atoms with Gasteiger partial charge < -0.3 is 19.6 Å². The second kappa shape index (κ2) is 10.2. The molecule has 3 rings (SSSR count). The molecule has 0 fully saturated rings. The molecule has 0 spiro atoms. The Labute approximate surface area is 174 Å². The lowest BCUT2D eigenvalue weighted by molar-refractivity contribution is -0.137. The summed E-state index contributed by atoms with van der Waals surface area (Å²) in [4.78, 5) is 26.1. The van der Waals surface area contributed by atoms with E-state index in [4.69, 9.17) is 14.3 Å². The number of nitrogens with one attached hydrogen (secondary N) is 1. The van der Waals surface area contributed by atoms with Crippen LogP contribution < -0.4 is 10.1 Å². The number of oxazole rings is 1. The van der Waals surface area contributed by atoms with E-state index in [1.54, 1.807) is 0 Å². The highest BCUT2D eigenvalue weighted by atomic mass is 16.5. The van der Waals surface area contributed by atoms with Crippen LogP contribution in [0.1, 0.15) is 29.0 Å². The zero-order valence-corrected chi connectivity index (χ0v) is 16.8. The largest absolute Gasteiger partial charge is 0.493 e. The Kier molecular flexibility index (Phi) is 7.21. The number of benzene rings is 2. The lowest BCUT2D eigenvalue weighted by Crippen LogP contribution is -2.13. The fourth-order valence-corrected chi connectivity index (χ4v) is 3.12. The molecular formula is C23H24N2O5. The predicted octanol–water partition coefficient (Wildman–Crippen LogP) is 3.53. The Hall–Kier alpha value is -3.61. The summed E-state index contributed by atoms with van der Waals surface area (Å²) in [6, 6.07) is 15.2. The number of nitrogens with zero attached hydrogens (tertiary/aromatic N) is 1. The lowest BCUT2D eigenvalue weighted by Gasteiger charge is -2.12. The summed E-state index contributed by atoms with van der Waals surface area (Å²) in [7, 11) is 0. The monoisotopic (exact) mass is 408 g/mol. The van der Waals surface area contributed by atoms with Crippen molar-refractivity contribution >= 4 is 12.4 Å². The quantitative estimate of drug-likeness (QED) is 0.471. The first-order valence-corrected chi connectivity index (χ1v) is 9.72. The topological polar surface area (TPSA) is 102 Å². The second-order valence-electron chi connectivity index (χ2n) is 6.81. The van der Waals surface area contributed by atoms with Gasteiger partial charge in [-0.3, -0.25) is 9.59 Å². The third-order valence-corrected chi connectivity index (χ3v) is 4.68. The van der Waals surface area contributed by atoms with Crippen molar-refractivity contribution in [2.75, 3.05) is 6.61 Å². The van der Waals surface area contributed by atoms with Crippen LogP contribution in [-0.2, 0) is 29.0 Å². The minimum atomic E-state index is -0.859. The van der Waals surface area contributed by atoms with E-state index in [2.05, 4.69) is 10.3 Å². The Bertz CT molecular complexity index is 998. The van der Waals surface area contributed by atoms with Crippen LogP contribution in [0.4, 0.5) is 0 Å². The van der Waals surface area contributed by atoms with Crippen molar-refractivity contribution in [3.63, 3.8) is 0 Å². The van der Waals surface area contributed by atoms with Crippen LogP contribution in [0.25, 0.3) is 11.5 Å². The van der Waals surface area contributed by atoms with Crippen molar-refractivity contribution in [2.45, 2.75) is 32.7 Å². The zero-order valence-electron chi connectivity index (χ0n) is 16.8. The number of carboxylic acids is 1. The molecule has 0 atom stereocenters. The van der Waals surface area contributed by atoms with Gasteiger partial charge in [-0.15, -0.1) is 0 Å². The van der Waals surface area contributed by atoms with Gasteiger partial charge in [-0.2, -0.15) is 0 Å². The van der Waals surface area contributed by atoms with Crippen LogP contribution in [0.5, 0.6) is 5.75 Å². The number of rotatable bonds is 11.